The third-order valence-corrected chi connectivity index (χ3v) is 3.03. The van der Waals surface area contributed by atoms with Gasteiger partial charge in [0.1, 0.15) is 5.82 Å². The molecule has 1 amide bonds. The summed E-state index contributed by atoms with van der Waals surface area (Å²) in [6.45, 7) is 1.23. The van der Waals surface area contributed by atoms with Crippen LogP contribution in [-0.4, -0.2) is 24.0 Å². The average molecular weight is 287 g/mol. The first-order chi connectivity index (χ1) is 10.3. The van der Waals surface area contributed by atoms with Gasteiger partial charge in [0.05, 0.1) is 6.54 Å². The Bertz CT molecular complexity index is 575. The molecule has 0 aliphatic carbocycles. The van der Waals surface area contributed by atoms with Crippen molar-refractivity contribution in [2.45, 2.75) is 13.0 Å². The molecule has 0 saturated heterocycles. The molecule has 4 nitrogen and oxygen atoms in total. The fourth-order valence-electron chi connectivity index (χ4n) is 1.89. The molecule has 2 N–H and O–H groups in total. The highest BCUT2D eigenvalue weighted by Crippen LogP contribution is 2.05. The summed E-state index contributed by atoms with van der Waals surface area (Å²) in [4.78, 5) is 15.6. The summed E-state index contributed by atoms with van der Waals surface area (Å²) in [6.07, 6.45) is 3.96. The van der Waals surface area contributed by atoms with Gasteiger partial charge in [-0.1, -0.05) is 24.3 Å². The average Bonchev–Trinajstić information content (AvgIpc) is 2.52. The smallest absolute Gasteiger partial charge is 0.234 e. The van der Waals surface area contributed by atoms with E-state index in [0.717, 1.165) is 5.56 Å². The van der Waals surface area contributed by atoms with Gasteiger partial charge in [0.15, 0.2) is 0 Å². The molecule has 0 spiro atoms. The van der Waals surface area contributed by atoms with Gasteiger partial charge in [-0.25, -0.2) is 4.39 Å². The van der Waals surface area contributed by atoms with Crippen molar-refractivity contribution in [1.82, 2.24) is 15.6 Å². The SMILES string of the molecule is O=C(CNCCc1ccccc1F)NCc1cccnc1. The molecular weight excluding hydrogens is 269 g/mol. The third-order valence-electron chi connectivity index (χ3n) is 3.03. The fraction of sp³-hybridized carbons (Fsp3) is 0.250. The standard InChI is InChI=1S/C16H18FN3O/c17-15-6-2-1-5-14(15)7-9-19-12-16(21)20-11-13-4-3-8-18-10-13/h1-6,8,10,19H,7,9,11-12H2,(H,20,21). The minimum absolute atomic E-state index is 0.0904. The second-order valence-corrected chi connectivity index (χ2v) is 4.66. The molecule has 0 radical (unpaired) electrons. The van der Waals surface area contributed by atoms with Crippen LogP contribution < -0.4 is 10.6 Å². The van der Waals surface area contributed by atoms with Crippen LogP contribution in [0.2, 0.25) is 0 Å². The van der Waals surface area contributed by atoms with E-state index in [1.165, 1.54) is 6.07 Å². The highest BCUT2D eigenvalue weighted by molar-refractivity contribution is 5.77. The second kappa shape index (κ2) is 8.11. The maximum Gasteiger partial charge on any atom is 0.234 e. The number of nitrogens with zero attached hydrogens (tertiary/aromatic N) is 1. The quantitative estimate of drug-likeness (QED) is 0.762. The highest BCUT2D eigenvalue weighted by Gasteiger charge is 2.02. The lowest BCUT2D eigenvalue weighted by molar-refractivity contribution is -0.120. The van der Waals surface area contributed by atoms with Crippen molar-refractivity contribution in [2.24, 2.45) is 0 Å². The number of pyridine rings is 1. The Balaban J connectivity index is 1.62. The number of amides is 1. The molecule has 0 saturated carbocycles. The first-order valence-electron chi connectivity index (χ1n) is 6.85. The van der Waals surface area contributed by atoms with E-state index in [-0.39, 0.29) is 18.3 Å². The molecule has 1 aromatic heterocycles. The van der Waals surface area contributed by atoms with Crippen LogP contribution >= 0.6 is 0 Å². The monoisotopic (exact) mass is 287 g/mol. The van der Waals surface area contributed by atoms with Crippen LogP contribution in [0.15, 0.2) is 48.8 Å². The summed E-state index contributed by atoms with van der Waals surface area (Å²) in [6, 6.07) is 10.4. The van der Waals surface area contributed by atoms with E-state index in [4.69, 9.17) is 0 Å². The summed E-state index contributed by atoms with van der Waals surface area (Å²) in [5.41, 5.74) is 1.61. The minimum Gasteiger partial charge on any atom is -0.351 e. The van der Waals surface area contributed by atoms with E-state index in [2.05, 4.69) is 15.6 Å². The molecule has 110 valence electrons. The van der Waals surface area contributed by atoms with Crippen molar-refractivity contribution in [3.63, 3.8) is 0 Å². The van der Waals surface area contributed by atoms with Gasteiger partial charge in [-0.3, -0.25) is 9.78 Å². The Labute approximate surface area is 123 Å². The van der Waals surface area contributed by atoms with E-state index < -0.39 is 0 Å². The summed E-state index contributed by atoms with van der Waals surface area (Å²) in [5.74, 6) is -0.298. The lowest BCUT2D eigenvalue weighted by Gasteiger charge is -2.07. The number of carbonyl (C=O) groups is 1. The van der Waals surface area contributed by atoms with Gasteiger partial charge in [0, 0.05) is 18.9 Å². The number of halogens is 1. The van der Waals surface area contributed by atoms with E-state index in [0.29, 0.717) is 25.1 Å². The van der Waals surface area contributed by atoms with Crippen LogP contribution in [0.25, 0.3) is 0 Å². The number of benzene rings is 1. The number of rotatable bonds is 7. The zero-order valence-corrected chi connectivity index (χ0v) is 11.7. The largest absolute Gasteiger partial charge is 0.351 e. The molecule has 1 aromatic carbocycles. The van der Waals surface area contributed by atoms with Crippen LogP contribution in [0.4, 0.5) is 4.39 Å². The van der Waals surface area contributed by atoms with Crippen LogP contribution in [0.5, 0.6) is 0 Å². The van der Waals surface area contributed by atoms with E-state index in [1.54, 1.807) is 30.6 Å². The lowest BCUT2D eigenvalue weighted by atomic mass is 10.1. The van der Waals surface area contributed by atoms with Gasteiger partial charge in [0.25, 0.3) is 0 Å². The molecule has 0 unspecified atom stereocenters. The molecule has 0 bridgehead atoms. The van der Waals surface area contributed by atoms with Gasteiger partial charge in [0.2, 0.25) is 5.91 Å². The predicted molar refractivity (Wildman–Crippen MR) is 79.1 cm³/mol. The van der Waals surface area contributed by atoms with Crippen LogP contribution in [0, 0.1) is 5.82 Å². The van der Waals surface area contributed by atoms with Crippen molar-refractivity contribution in [1.29, 1.82) is 0 Å². The van der Waals surface area contributed by atoms with Gasteiger partial charge in [-0.05, 0) is 36.2 Å². The lowest BCUT2D eigenvalue weighted by Crippen LogP contribution is -2.34. The molecule has 2 rings (SSSR count). The molecule has 0 aliphatic rings. The highest BCUT2D eigenvalue weighted by atomic mass is 19.1. The maximum absolute atomic E-state index is 13.4. The first kappa shape index (κ1) is 15.1. The van der Waals surface area contributed by atoms with E-state index >= 15 is 0 Å². The van der Waals surface area contributed by atoms with Gasteiger partial charge in [-0.15, -0.1) is 0 Å². The van der Waals surface area contributed by atoms with Crippen molar-refractivity contribution in [3.8, 4) is 0 Å². The Hall–Kier alpha value is -2.27. The second-order valence-electron chi connectivity index (χ2n) is 4.66. The summed E-state index contributed by atoms with van der Waals surface area (Å²) < 4.78 is 13.4. The number of aromatic nitrogens is 1. The molecule has 0 aliphatic heterocycles. The van der Waals surface area contributed by atoms with Crippen molar-refractivity contribution in [3.05, 3.63) is 65.7 Å². The molecule has 0 fully saturated rings. The number of hydrogen-bond donors (Lipinski definition) is 2. The predicted octanol–water partition coefficient (Wildman–Crippen LogP) is 1.67. The third kappa shape index (κ3) is 5.31. The molecule has 21 heavy (non-hydrogen) atoms. The number of carbonyl (C=O) groups excluding carboxylic acids is 1. The van der Waals surface area contributed by atoms with Gasteiger partial charge >= 0.3 is 0 Å². The van der Waals surface area contributed by atoms with E-state index in [1.807, 2.05) is 12.1 Å². The summed E-state index contributed by atoms with van der Waals surface area (Å²) >= 11 is 0. The molecule has 2 aromatic rings. The van der Waals surface area contributed by atoms with E-state index in [9.17, 15) is 9.18 Å². The molecule has 0 atom stereocenters. The number of hydrogen-bond acceptors (Lipinski definition) is 3. The van der Waals surface area contributed by atoms with Crippen molar-refractivity contribution < 1.29 is 9.18 Å². The van der Waals surface area contributed by atoms with Crippen molar-refractivity contribution >= 4 is 5.91 Å². The molecule has 5 heteroatoms. The Kier molecular flexibility index (Phi) is 5.84. The normalized spacial score (nSPS) is 10.3. The Morgan fingerprint density at radius 2 is 2.05 bits per heavy atom. The van der Waals surface area contributed by atoms with Crippen molar-refractivity contribution in [2.75, 3.05) is 13.1 Å². The molecular formula is C16H18FN3O. The van der Waals surface area contributed by atoms with Gasteiger partial charge < -0.3 is 10.6 Å². The maximum atomic E-state index is 13.4. The summed E-state index contributed by atoms with van der Waals surface area (Å²) in [7, 11) is 0. The first-order valence-corrected chi connectivity index (χ1v) is 6.85. The summed E-state index contributed by atoms with van der Waals surface area (Å²) in [5, 5.41) is 5.80. The molecule has 1 heterocycles. The van der Waals surface area contributed by atoms with Crippen LogP contribution in [-0.2, 0) is 17.8 Å². The Morgan fingerprint density at radius 3 is 2.81 bits per heavy atom. The van der Waals surface area contributed by atoms with Gasteiger partial charge in [-0.2, -0.15) is 0 Å². The fourth-order valence-corrected chi connectivity index (χ4v) is 1.89. The van der Waals surface area contributed by atoms with Crippen LogP contribution in [0.3, 0.4) is 0 Å². The minimum atomic E-state index is -0.208. The van der Waals surface area contributed by atoms with Crippen LogP contribution in [0.1, 0.15) is 11.1 Å². The zero-order valence-electron chi connectivity index (χ0n) is 11.7. The Morgan fingerprint density at radius 1 is 1.19 bits per heavy atom. The number of nitrogens with one attached hydrogen (secondary N) is 2. The topological polar surface area (TPSA) is 54.0 Å². The zero-order chi connectivity index (χ0) is 14.9.